The number of hydrogen-bond donors (Lipinski definition) is 3. The Hall–Kier alpha value is -2.96. The van der Waals surface area contributed by atoms with Crippen molar-refractivity contribution in [3.63, 3.8) is 0 Å². The second-order valence-electron chi connectivity index (χ2n) is 7.34. The summed E-state index contributed by atoms with van der Waals surface area (Å²) in [5, 5.41) is 24.0. The van der Waals surface area contributed by atoms with E-state index in [1.54, 1.807) is 24.4 Å². The minimum atomic E-state index is 0.202. The molecule has 0 amide bonds. The van der Waals surface area contributed by atoms with E-state index in [0.717, 1.165) is 56.5 Å². The van der Waals surface area contributed by atoms with Crippen molar-refractivity contribution in [2.24, 2.45) is 15.7 Å². The van der Waals surface area contributed by atoms with E-state index in [9.17, 15) is 10.2 Å². The van der Waals surface area contributed by atoms with Crippen LogP contribution in [-0.4, -0.2) is 42.3 Å². The summed E-state index contributed by atoms with van der Waals surface area (Å²) in [7, 11) is 4.05. The number of nitrogens with zero attached hydrogens (tertiary/aromatic N) is 3. The fourth-order valence-electron chi connectivity index (χ4n) is 3.81. The van der Waals surface area contributed by atoms with E-state index in [-0.39, 0.29) is 11.5 Å². The topological polar surface area (TPSA) is 94.4 Å². The molecule has 0 spiro atoms. The van der Waals surface area contributed by atoms with E-state index in [2.05, 4.69) is 9.89 Å². The molecule has 0 saturated heterocycles. The lowest BCUT2D eigenvalue weighted by Crippen LogP contribution is -2.29. The highest BCUT2D eigenvalue weighted by molar-refractivity contribution is 5.90. The van der Waals surface area contributed by atoms with Gasteiger partial charge in [0.1, 0.15) is 11.5 Å². The first kappa shape index (κ1) is 18.4. The molecule has 6 heteroatoms. The summed E-state index contributed by atoms with van der Waals surface area (Å²) < 4.78 is 0. The SMILES string of the molecule is CN(C)CCC1=c2c(O)cccc2=NC1=c1ccc(O)c2c1=NC=C2CCN. The predicted molar refractivity (Wildman–Crippen MR) is 109 cm³/mol. The third-order valence-corrected chi connectivity index (χ3v) is 5.14. The molecule has 2 aromatic carbocycles. The molecule has 6 nitrogen and oxygen atoms in total. The van der Waals surface area contributed by atoms with Crippen molar-refractivity contribution >= 4 is 16.8 Å². The van der Waals surface area contributed by atoms with Crippen LogP contribution in [0, 0.1) is 0 Å². The Bertz CT molecular complexity index is 1230. The van der Waals surface area contributed by atoms with Gasteiger partial charge in [0, 0.05) is 28.7 Å². The molecule has 144 valence electrons. The summed E-state index contributed by atoms with van der Waals surface area (Å²) in [6.07, 6.45) is 3.17. The second-order valence-corrected chi connectivity index (χ2v) is 7.34. The van der Waals surface area contributed by atoms with Crippen molar-refractivity contribution in [3.05, 3.63) is 63.2 Å². The highest BCUT2D eigenvalue weighted by Gasteiger charge is 2.20. The molecule has 0 bridgehead atoms. The number of rotatable bonds is 5. The van der Waals surface area contributed by atoms with Crippen molar-refractivity contribution in [1.82, 2.24) is 4.90 Å². The van der Waals surface area contributed by atoms with Crippen LogP contribution in [0.5, 0.6) is 11.5 Å². The van der Waals surface area contributed by atoms with Crippen molar-refractivity contribution in [2.75, 3.05) is 27.2 Å². The Labute approximate surface area is 163 Å². The van der Waals surface area contributed by atoms with Gasteiger partial charge in [-0.25, -0.2) is 4.99 Å². The van der Waals surface area contributed by atoms with Crippen LogP contribution in [0.15, 0.2) is 46.5 Å². The molecule has 0 aromatic heterocycles. The molecular weight excluding hydrogens is 352 g/mol. The maximum absolute atomic E-state index is 10.5. The molecule has 2 heterocycles. The highest BCUT2D eigenvalue weighted by atomic mass is 16.3. The number of aromatic hydroxyl groups is 2. The molecule has 2 aliphatic heterocycles. The summed E-state index contributed by atoms with van der Waals surface area (Å²) in [5.74, 6) is 0.438. The van der Waals surface area contributed by atoms with Crippen LogP contribution in [0.25, 0.3) is 16.8 Å². The van der Waals surface area contributed by atoms with E-state index in [4.69, 9.17) is 10.7 Å². The van der Waals surface area contributed by atoms with Crippen molar-refractivity contribution < 1.29 is 10.2 Å². The number of nitrogens with two attached hydrogens (primary N) is 1. The standard InChI is InChI=1S/C22H24N4O2/c1-26(2)11-9-14-20-16(4-3-5-17(20)27)25-21(14)15-6-7-18(28)19-13(8-10-23)12-24-22(15)19/h3-7,12,27-28H,8-11,23H2,1-2H3. The summed E-state index contributed by atoms with van der Waals surface area (Å²) in [6, 6.07) is 8.95. The first-order valence-corrected chi connectivity index (χ1v) is 9.40. The van der Waals surface area contributed by atoms with Gasteiger partial charge in [-0.15, -0.1) is 0 Å². The third-order valence-electron chi connectivity index (χ3n) is 5.14. The predicted octanol–water partition coefficient (Wildman–Crippen LogP) is -0.0353. The largest absolute Gasteiger partial charge is 0.507 e. The number of hydrogen-bond acceptors (Lipinski definition) is 6. The Morgan fingerprint density at radius 1 is 1.04 bits per heavy atom. The molecule has 0 fully saturated rings. The first-order chi connectivity index (χ1) is 13.5. The average molecular weight is 376 g/mol. The zero-order chi connectivity index (χ0) is 19.8. The minimum Gasteiger partial charge on any atom is -0.507 e. The molecule has 0 aliphatic carbocycles. The summed E-state index contributed by atoms with van der Waals surface area (Å²) in [4.78, 5) is 11.5. The Morgan fingerprint density at radius 2 is 1.86 bits per heavy atom. The first-order valence-electron chi connectivity index (χ1n) is 9.40. The molecule has 0 atom stereocenters. The van der Waals surface area contributed by atoms with Gasteiger partial charge in [0.2, 0.25) is 0 Å². The molecule has 0 unspecified atom stereocenters. The second kappa shape index (κ2) is 7.22. The Balaban J connectivity index is 2.02. The van der Waals surface area contributed by atoms with Crippen LogP contribution >= 0.6 is 0 Å². The lowest BCUT2D eigenvalue weighted by molar-refractivity contribution is 0.419. The molecular formula is C22H24N4O2. The number of fused-ring (bicyclic) bond motifs is 2. The average Bonchev–Trinajstić information content (AvgIpc) is 3.24. The summed E-state index contributed by atoms with van der Waals surface area (Å²) in [6.45, 7) is 1.32. The fourth-order valence-corrected chi connectivity index (χ4v) is 3.81. The number of phenols is 2. The third kappa shape index (κ3) is 3.00. The van der Waals surface area contributed by atoms with E-state index in [1.165, 1.54) is 0 Å². The molecule has 0 radical (unpaired) electrons. The maximum atomic E-state index is 10.5. The smallest absolute Gasteiger partial charge is 0.125 e. The number of benzene rings is 2. The normalized spacial score (nSPS) is 16.6. The van der Waals surface area contributed by atoms with E-state index in [1.807, 2.05) is 26.2 Å². The monoisotopic (exact) mass is 376 g/mol. The van der Waals surface area contributed by atoms with Gasteiger partial charge in [0.25, 0.3) is 0 Å². The van der Waals surface area contributed by atoms with Gasteiger partial charge >= 0.3 is 0 Å². The molecule has 0 saturated carbocycles. The Kier molecular flexibility index (Phi) is 4.75. The van der Waals surface area contributed by atoms with Gasteiger partial charge in [0.15, 0.2) is 0 Å². The Morgan fingerprint density at radius 3 is 2.61 bits per heavy atom. The van der Waals surface area contributed by atoms with Crippen LogP contribution in [0.2, 0.25) is 0 Å². The van der Waals surface area contributed by atoms with E-state index < -0.39 is 0 Å². The van der Waals surface area contributed by atoms with Gasteiger partial charge in [-0.2, -0.15) is 0 Å². The van der Waals surface area contributed by atoms with Crippen molar-refractivity contribution in [1.29, 1.82) is 0 Å². The molecule has 2 aliphatic rings. The van der Waals surface area contributed by atoms with Crippen LogP contribution in [0.1, 0.15) is 18.4 Å². The lowest BCUT2D eigenvalue weighted by Gasteiger charge is -2.11. The van der Waals surface area contributed by atoms with E-state index >= 15 is 0 Å². The van der Waals surface area contributed by atoms with Crippen LogP contribution in [0.4, 0.5) is 0 Å². The minimum absolute atomic E-state index is 0.202. The zero-order valence-electron chi connectivity index (χ0n) is 16.1. The molecule has 4 N–H and O–H groups in total. The van der Waals surface area contributed by atoms with Crippen LogP contribution < -0.4 is 26.9 Å². The van der Waals surface area contributed by atoms with Crippen molar-refractivity contribution in [2.45, 2.75) is 12.8 Å². The fraction of sp³-hybridized carbons (Fsp3) is 0.273. The van der Waals surface area contributed by atoms with Crippen LogP contribution in [0.3, 0.4) is 0 Å². The van der Waals surface area contributed by atoms with Gasteiger partial charge in [0.05, 0.1) is 16.4 Å². The van der Waals surface area contributed by atoms with Crippen LogP contribution in [-0.2, 0) is 0 Å². The van der Waals surface area contributed by atoms with E-state index in [0.29, 0.717) is 13.0 Å². The van der Waals surface area contributed by atoms with Gasteiger partial charge in [-0.05, 0) is 68.9 Å². The molecule has 28 heavy (non-hydrogen) atoms. The van der Waals surface area contributed by atoms with Gasteiger partial charge < -0.3 is 20.8 Å². The van der Waals surface area contributed by atoms with Crippen molar-refractivity contribution in [3.8, 4) is 11.5 Å². The zero-order valence-corrected chi connectivity index (χ0v) is 16.1. The lowest BCUT2D eigenvalue weighted by atomic mass is 9.99. The maximum Gasteiger partial charge on any atom is 0.125 e. The summed E-state index contributed by atoms with van der Waals surface area (Å²) in [5.41, 5.74) is 9.19. The molecule has 2 aromatic rings. The number of phenolic OH excluding ortho intramolecular Hbond substituents is 2. The van der Waals surface area contributed by atoms with Gasteiger partial charge in [-0.3, -0.25) is 4.99 Å². The highest BCUT2D eigenvalue weighted by Crippen LogP contribution is 2.26. The summed E-state index contributed by atoms with van der Waals surface area (Å²) >= 11 is 0. The molecule has 4 rings (SSSR count). The quantitative estimate of drug-likeness (QED) is 0.683. The van der Waals surface area contributed by atoms with Gasteiger partial charge in [-0.1, -0.05) is 6.07 Å².